The van der Waals surface area contributed by atoms with Crippen molar-refractivity contribution in [2.75, 3.05) is 33.4 Å². The van der Waals surface area contributed by atoms with Crippen LogP contribution in [0.25, 0.3) is 0 Å². The predicted octanol–water partition coefficient (Wildman–Crippen LogP) is 0.139. The Bertz CT molecular complexity index is 129. The van der Waals surface area contributed by atoms with E-state index in [4.69, 9.17) is 4.74 Å². The summed E-state index contributed by atoms with van der Waals surface area (Å²) < 4.78 is 5.12. The SMILES string of the molecule is CCOCCCC(=O)NCCNC. The van der Waals surface area contributed by atoms with E-state index >= 15 is 0 Å². The Morgan fingerprint density at radius 2 is 2.15 bits per heavy atom. The fourth-order valence-corrected chi connectivity index (χ4v) is 0.894. The highest BCUT2D eigenvalue weighted by Crippen LogP contribution is 1.89. The second-order valence-corrected chi connectivity index (χ2v) is 2.75. The Balaban J connectivity index is 3.11. The molecule has 78 valence electrons. The average molecular weight is 188 g/mol. The number of nitrogens with one attached hydrogen (secondary N) is 2. The van der Waals surface area contributed by atoms with Gasteiger partial charge in [-0.05, 0) is 20.4 Å². The van der Waals surface area contributed by atoms with Crippen LogP contribution in [0.5, 0.6) is 0 Å². The lowest BCUT2D eigenvalue weighted by molar-refractivity contribution is -0.121. The lowest BCUT2D eigenvalue weighted by atomic mass is 10.3. The average Bonchev–Trinajstić information content (AvgIpc) is 2.13. The van der Waals surface area contributed by atoms with Gasteiger partial charge in [0.1, 0.15) is 0 Å². The van der Waals surface area contributed by atoms with Crippen molar-refractivity contribution in [2.24, 2.45) is 0 Å². The van der Waals surface area contributed by atoms with E-state index in [1.807, 2.05) is 14.0 Å². The molecule has 0 bridgehead atoms. The van der Waals surface area contributed by atoms with E-state index in [1.165, 1.54) is 0 Å². The monoisotopic (exact) mass is 188 g/mol. The van der Waals surface area contributed by atoms with Crippen LogP contribution in [0.4, 0.5) is 0 Å². The molecule has 0 atom stereocenters. The molecular formula is C9H20N2O2. The van der Waals surface area contributed by atoms with Crippen LogP contribution in [0, 0.1) is 0 Å². The van der Waals surface area contributed by atoms with Crippen molar-refractivity contribution in [3.63, 3.8) is 0 Å². The van der Waals surface area contributed by atoms with Crippen LogP contribution in [-0.4, -0.2) is 39.3 Å². The largest absolute Gasteiger partial charge is 0.382 e. The van der Waals surface area contributed by atoms with Crippen LogP contribution in [0.2, 0.25) is 0 Å². The molecule has 0 saturated heterocycles. The third-order valence-electron chi connectivity index (χ3n) is 1.59. The first-order chi connectivity index (χ1) is 6.31. The van der Waals surface area contributed by atoms with E-state index in [9.17, 15) is 4.79 Å². The fraction of sp³-hybridized carbons (Fsp3) is 0.889. The summed E-state index contributed by atoms with van der Waals surface area (Å²) >= 11 is 0. The van der Waals surface area contributed by atoms with E-state index in [0.29, 0.717) is 19.6 Å². The maximum Gasteiger partial charge on any atom is 0.220 e. The highest BCUT2D eigenvalue weighted by atomic mass is 16.5. The van der Waals surface area contributed by atoms with Crippen LogP contribution in [0.3, 0.4) is 0 Å². The van der Waals surface area contributed by atoms with Crippen LogP contribution in [0.1, 0.15) is 19.8 Å². The zero-order chi connectivity index (χ0) is 9.94. The molecule has 0 saturated carbocycles. The van der Waals surface area contributed by atoms with Crippen molar-refractivity contribution in [3.05, 3.63) is 0 Å². The minimum absolute atomic E-state index is 0.106. The van der Waals surface area contributed by atoms with Gasteiger partial charge in [0.15, 0.2) is 0 Å². The lowest BCUT2D eigenvalue weighted by Crippen LogP contribution is -2.30. The second kappa shape index (κ2) is 9.48. The Morgan fingerprint density at radius 1 is 1.38 bits per heavy atom. The van der Waals surface area contributed by atoms with E-state index in [2.05, 4.69) is 10.6 Å². The summed E-state index contributed by atoms with van der Waals surface area (Å²) in [6, 6.07) is 0. The maximum absolute atomic E-state index is 11.1. The van der Waals surface area contributed by atoms with Gasteiger partial charge in [-0.2, -0.15) is 0 Å². The smallest absolute Gasteiger partial charge is 0.220 e. The molecule has 0 aliphatic rings. The van der Waals surface area contributed by atoms with Crippen molar-refractivity contribution in [2.45, 2.75) is 19.8 Å². The number of carbonyl (C=O) groups is 1. The molecule has 0 fully saturated rings. The summed E-state index contributed by atoms with van der Waals surface area (Å²) in [7, 11) is 1.86. The number of carbonyl (C=O) groups excluding carboxylic acids is 1. The lowest BCUT2D eigenvalue weighted by Gasteiger charge is -2.04. The maximum atomic E-state index is 11.1. The first kappa shape index (κ1) is 12.4. The van der Waals surface area contributed by atoms with E-state index in [1.54, 1.807) is 0 Å². The van der Waals surface area contributed by atoms with Crippen molar-refractivity contribution in [1.29, 1.82) is 0 Å². The first-order valence-corrected chi connectivity index (χ1v) is 4.80. The highest BCUT2D eigenvalue weighted by molar-refractivity contribution is 5.75. The van der Waals surface area contributed by atoms with Gasteiger partial charge in [-0.1, -0.05) is 0 Å². The van der Waals surface area contributed by atoms with E-state index < -0.39 is 0 Å². The van der Waals surface area contributed by atoms with Crippen LogP contribution < -0.4 is 10.6 Å². The van der Waals surface area contributed by atoms with Gasteiger partial charge >= 0.3 is 0 Å². The van der Waals surface area contributed by atoms with Crippen molar-refractivity contribution < 1.29 is 9.53 Å². The van der Waals surface area contributed by atoms with Crippen LogP contribution in [-0.2, 0) is 9.53 Å². The van der Waals surface area contributed by atoms with Gasteiger partial charge in [-0.3, -0.25) is 4.79 Å². The molecule has 0 aromatic heterocycles. The topological polar surface area (TPSA) is 50.4 Å². The molecule has 0 rings (SSSR count). The Kier molecular flexibility index (Phi) is 9.03. The molecule has 0 aromatic carbocycles. The molecule has 13 heavy (non-hydrogen) atoms. The van der Waals surface area contributed by atoms with Crippen molar-refractivity contribution in [1.82, 2.24) is 10.6 Å². The van der Waals surface area contributed by atoms with Crippen LogP contribution >= 0.6 is 0 Å². The molecule has 0 heterocycles. The summed E-state index contributed by atoms with van der Waals surface area (Å²) in [5.41, 5.74) is 0. The molecule has 2 N–H and O–H groups in total. The quantitative estimate of drug-likeness (QED) is 0.533. The molecule has 0 radical (unpaired) electrons. The van der Waals surface area contributed by atoms with Gasteiger partial charge < -0.3 is 15.4 Å². The van der Waals surface area contributed by atoms with Gasteiger partial charge in [-0.15, -0.1) is 0 Å². The number of likely N-dealkylation sites (N-methyl/N-ethyl adjacent to an activating group) is 1. The van der Waals surface area contributed by atoms with Gasteiger partial charge in [0, 0.05) is 32.7 Å². The molecule has 1 amide bonds. The van der Waals surface area contributed by atoms with Gasteiger partial charge in [-0.25, -0.2) is 0 Å². The van der Waals surface area contributed by atoms with Gasteiger partial charge in [0.2, 0.25) is 5.91 Å². The molecule has 4 nitrogen and oxygen atoms in total. The number of ether oxygens (including phenoxy) is 1. The number of hydrogen-bond donors (Lipinski definition) is 2. The van der Waals surface area contributed by atoms with Crippen LogP contribution in [0.15, 0.2) is 0 Å². The van der Waals surface area contributed by atoms with Crippen molar-refractivity contribution in [3.8, 4) is 0 Å². The van der Waals surface area contributed by atoms with E-state index in [-0.39, 0.29) is 5.91 Å². The standard InChI is InChI=1S/C9H20N2O2/c1-3-13-8-4-5-9(12)11-7-6-10-2/h10H,3-8H2,1-2H3,(H,11,12). The highest BCUT2D eigenvalue weighted by Gasteiger charge is 1.98. The first-order valence-electron chi connectivity index (χ1n) is 4.80. The Labute approximate surface area is 80.0 Å². The summed E-state index contributed by atoms with van der Waals surface area (Å²) in [6.07, 6.45) is 1.36. The summed E-state index contributed by atoms with van der Waals surface area (Å²) in [5.74, 6) is 0.106. The summed E-state index contributed by atoms with van der Waals surface area (Å²) in [6.45, 7) is 4.87. The Hall–Kier alpha value is -0.610. The zero-order valence-electron chi connectivity index (χ0n) is 8.56. The third kappa shape index (κ3) is 9.30. The number of amides is 1. The summed E-state index contributed by atoms with van der Waals surface area (Å²) in [4.78, 5) is 11.1. The fourth-order valence-electron chi connectivity index (χ4n) is 0.894. The minimum Gasteiger partial charge on any atom is -0.382 e. The van der Waals surface area contributed by atoms with Crippen molar-refractivity contribution >= 4 is 5.91 Å². The molecule has 0 aliphatic carbocycles. The molecular weight excluding hydrogens is 168 g/mol. The molecule has 0 spiro atoms. The predicted molar refractivity (Wildman–Crippen MR) is 52.7 cm³/mol. The molecule has 0 aromatic rings. The second-order valence-electron chi connectivity index (χ2n) is 2.75. The van der Waals surface area contributed by atoms with Gasteiger partial charge in [0.25, 0.3) is 0 Å². The number of rotatable bonds is 8. The zero-order valence-corrected chi connectivity index (χ0v) is 8.56. The normalized spacial score (nSPS) is 10.0. The summed E-state index contributed by atoms with van der Waals surface area (Å²) in [5, 5.41) is 5.76. The Morgan fingerprint density at radius 3 is 2.77 bits per heavy atom. The minimum atomic E-state index is 0.106. The van der Waals surface area contributed by atoms with Gasteiger partial charge in [0.05, 0.1) is 0 Å². The van der Waals surface area contributed by atoms with E-state index in [0.717, 1.165) is 19.6 Å². The molecule has 0 aliphatic heterocycles. The molecule has 4 heteroatoms. The number of hydrogen-bond acceptors (Lipinski definition) is 3. The molecule has 0 unspecified atom stereocenters. The third-order valence-corrected chi connectivity index (χ3v) is 1.59.